The van der Waals surface area contributed by atoms with Crippen LogP contribution in [0.2, 0.25) is 0 Å². The molecule has 8 atom stereocenters. The van der Waals surface area contributed by atoms with Crippen LogP contribution in [0.15, 0.2) is 53.7 Å². The van der Waals surface area contributed by atoms with E-state index in [4.69, 9.17) is 11.3 Å². The Kier molecular flexibility index (Phi) is 14.9. The standard InChI is InChI=1S/C18H27N5O2.C18H29N3O2/c1-12(2)16(17(24)20-3)23-10-9-14(13-7-5-4-6-8-13)11-15(18(23)25)21-22-19;1-12(2)16(17(22)20-3)21-10-9-14(11-15(19)18(21)23)13-7-5-4-6-8-13/h4-7,12-16H,8-11H2,1-3H3,(H,20,24);4-7,12-16H,8-11,19H2,1-3H3,(H,20,22)/t2*13?,14-,15+,16+/m11/s1. The zero-order valence-electron chi connectivity index (χ0n) is 29.5. The third-order valence-electron chi connectivity index (χ3n) is 10.1. The summed E-state index contributed by atoms with van der Waals surface area (Å²) in [5.74, 6) is 0.832. The van der Waals surface area contributed by atoms with E-state index < -0.39 is 24.2 Å². The topological polar surface area (TPSA) is 174 Å². The molecule has 2 heterocycles. The van der Waals surface area contributed by atoms with Gasteiger partial charge in [0.15, 0.2) is 0 Å². The Morgan fingerprint density at radius 1 is 0.812 bits per heavy atom. The van der Waals surface area contributed by atoms with Crippen LogP contribution in [0.1, 0.15) is 66.2 Å². The fourth-order valence-electron chi connectivity index (χ4n) is 7.58. The largest absolute Gasteiger partial charge is 0.357 e. The van der Waals surface area contributed by atoms with Crippen molar-refractivity contribution >= 4 is 23.6 Å². The number of nitrogens with zero attached hydrogens (tertiary/aromatic N) is 5. The summed E-state index contributed by atoms with van der Waals surface area (Å²) >= 11 is 0. The summed E-state index contributed by atoms with van der Waals surface area (Å²) in [6, 6.07) is -2.26. The third kappa shape index (κ3) is 9.82. The molecule has 264 valence electrons. The van der Waals surface area contributed by atoms with Crippen molar-refractivity contribution in [3.8, 4) is 0 Å². The van der Waals surface area contributed by atoms with Gasteiger partial charge >= 0.3 is 0 Å². The van der Waals surface area contributed by atoms with Crippen LogP contribution < -0.4 is 16.4 Å². The van der Waals surface area contributed by atoms with E-state index >= 15 is 0 Å². The number of carbonyl (C=O) groups excluding carboxylic acids is 4. The summed E-state index contributed by atoms with van der Waals surface area (Å²) in [6.45, 7) is 8.89. The van der Waals surface area contributed by atoms with E-state index in [1.807, 2.05) is 39.8 Å². The first kappa shape index (κ1) is 38.6. The van der Waals surface area contributed by atoms with Crippen molar-refractivity contribution in [1.29, 1.82) is 0 Å². The van der Waals surface area contributed by atoms with Crippen LogP contribution in [-0.4, -0.2) is 84.8 Å². The molecule has 12 heteroatoms. The first-order valence-corrected chi connectivity index (χ1v) is 17.5. The zero-order chi connectivity index (χ0) is 35.4. The van der Waals surface area contributed by atoms with Gasteiger partial charge in [-0.05, 0) is 79.6 Å². The van der Waals surface area contributed by atoms with Gasteiger partial charge in [0, 0.05) is 32.1 Å². The maximum atomic E-state index is 13.0. The molecule has 2 saturated heterocycles. The Hall–Kier alpha value is -3.89. The number of hydrogen-bond donors (Lipinski definition) is 3. The Morgan fingerprint density at radius 2 is 1.27 bits per heavy atom. The molecule has 0 spiro atoms. The van der Waals surface area contributed by atoms with Crippen LogP contribution in [0.4, 0.5) is 0 Å². The molecule has 48 heavy (non-hydrogen) atoms. The Morgan fingerprint density at radius 3 is 1.67 bits per heavy atom. The first-order valence-electron chi connectivity index (χ1n) is 17.5. The average molecular weight is 665 g/mol. The second-order valence-electron chi connectivity index (χ2n) is 14.0. The quantitative estimate of drug-likeness (QED) is 0.189. The number of amides is 4. The summed E-state index contributed by atoms with van der Waals surface area (Å²) in [4.78, 5) is 56.5. The summed E-state index contributed by atoms with van der Waals surface area (Å²) in [5.41, 5.74) is 15.1. The van der Waals surface area contributed by atoms with Crippen LogP contribution in [0, 0.1) is 35.5 Å². The second-order valence-corrected chi connectivity index (χ2v) is 14.0. The number of hydrogen-bond acceptors (Lipinski definition) is 6. The van der Waals surface area contributed by atoms with Crippen LogP contribution in [0.3, 0.4) is 0 Å². The van der Waals surface area contributed by atoms with Gasteiger partial charge in [0.2, 0.25) is 23.6 Å². The number of allylic oxidation sites excluding steroid dienone is 8. The highest BCUT2D eigenvalue weighted by Gasteiger charge is 2.40. The third-order valence-corrected chi connectivity index (χ3v) is 10.1. The monoisotopic (exact) mass is 664 g/mol. The molecule has 2 aliphatic heterocycles. The molecule has 0 aromatic rings. The van der Waals surface area contributed by atoms with E-state index in [1.54, 1.807) is 23.9 Å². The number of carbonyl (C=O) groups is 4. The molecule has 0 saturated carbocycles. The van der Waals surface area contributed by atoms with E-state index in [1.165, 1.54) is 0 Å². The maximum Gasteiger partial charge on any atom is 0.242 e. The lowest BCUT2D eigenvalue weighted by Gasteiger charge is -2.33. The minimum absolute atomic E-state index is 0.0234. The van der Waals surface area contributed by atoms with Gasteiger partial charge in [-0.2, -0.15) is 0 Å². The van der Waals surface area contributed by atoms with Crippen LogP contribution in [0.25, 0.3) is 10.4 Å². The first-order chi connectivity index (χ1) is 22.9. The minimum atomic E-state index is -0.747. The van der Waals surface area contributed by atoms with Crippen LogP contribution in [0.5, 0.6) is 0 Å². The molecule has 0 aromatic carbocycles. The van der Waals surface area contributed by atoms with Gasteiger partial charge in [-0.3, -0.25) is 19.2 Å². The normalized spacial score (nSPS) is 28.5. The highest BCUT2D eigenvalue weighted by Crippen LogP contribution is 2.34. The fraction of sp³-hybridized carbons (Fsp3) is 0.667. The van der Waals surface area contributed by atoms with Gasteiger partial charge in [-0.15, -0.1) is 0 Å². The molecule has 4 amide bonds. The zero-order valence-corrected chi connectivity index (χ0v) is 29.5. The summed E-state index contributed by atoms with van der Waals surface area (Å²) in [5, 5.41) is 9.09. The Labute approximate surface area is 285 Å². The summed E-state index contributed by atoms with van der Waals surface area (Å²) in [6.07, 6.45) is 21.7. The van der Waals surface area contributed by atoms with Crippen molar-refractivity contribution in [2.45, 2.75) is 90.4 Å². The Bertz CT molecular complexity index is 1300. The highest BCUT2D eigenvalue weighted by atomic mass is 16.2. The van der Waals surface area contributed by atoms with Gasteiger partial charge in [-0.25, -0.2) is 0 Å². The number of azide groups is 1. The number of likely N-dealkylation sites (N-methyl/N-ethyl adjacent to an activating group) is 2. The van der Waals surface area contributed by atoms with E-state index in [2.05, 4.69) is 57.1 Å². The van der Waals surface area contributed by atoms with Crippen molar-refractivity contribution in [2.75, 3.05) is 27.2 Å². The molecule has 12 nitrogen and oxygen atoms in total. The molecule has 0 aromatic heterocycles. The summed E-state index contributed by atoms with van der Waals surface area (Å²) < 4.78 is 0. The van der Waals surface area contributed by atoms with E-state index in [-0.39, 0.29) is 41.4 Å². The van der Waals surface area contributed by atoms with Crippen molar-refractivity contribution < 1.29 is 19.2 Å². The molecule has 2 aliphatic carbocycles. The van der Waals surface area contributed by atoms with Crippen LogP contribution in [-0.2, 0) is 19.2 Å². The molecule has 2 fully saturated rings. The van der Waals surface area contributed by atoms with Gasteiger partial charge in [0.1, 0.15) is 18.1 Å². The Balaban J connectivity index is 0.000000261. The lowest BCUT2D eigenvalue weighted by molar-refractivity contribution is -0.142. The molecule has 4 N–H and O–H groups in total. The minimum Gasteiger partial charge on any atom is -0.357 e. The van der Waals surface area contributed by atoms with Crippen molar-refractivity contribution in [3.63, 3.8) is 0 Å². The SMILES string of the molecule is CNC(=O)[C@H](C(C)C)N1CC[C@@H](C2C=CC=CC2)C[C@H](N)C1=O.CNC(=O)[C@H](C(C)C)N1CC[C@@H](C2C=CC=CC2)C[C@H](N=[N+]=[N-])C1=O. The van der Waals surface area contributed by atoms with E-state index in [0.29, 0.717) is 43.7 Å². The van der Waals surface area contributed by atoms with Crippen molar-refractivity contribution in [1.82, 2.24) is 20.4 Å². The average Bonchev–Trinajstić information content (AvgIpc) is 3.33. The highest BCUT2D eigenvalue weighted by molar-refractivity contribution is 5.91. The summed E-state index contributed by atoms with van der Waals surface area (Å²) in [7, 11) is 3.19. The second kappa shape index (κ2) is 18.6. The number of nitrogens with two attached hydrogens (primary N) is 1. The van der Waals surface area contributed by atoms with Crippen LogP contribution >= 0.6 is 0 Å². The van der Waals surface area contributed by atoms with Crippen molar-refractivity contribution in [3.05, 3.63) is 59.1 Å². The maximum absolute atomic E-state index is 13.0. The number of nitrogens with one attached hydrogen (secondary N) is 2. The van der Waals surface area contributed by atoms with Gasteiger partial charge < -0.3 is 26.2 Å². The fourth-order valence-corrected chi connectivity index (χ4v) is 7.58. The molecule has 2 unspecified atom stereocenters. The number of rotatable bonds is 9. The smallest absolute Gasteiger partial charge is 0.242 e. The molecule has 0 radical (unpaired) electrons. The van der Waals surface area contributed by atoms with Gasteiger partial charge in [-0.1, -0.05) is 81.4 Å². The van der Waals surface area contributed by atoms with E-state index in [9.17, 15) is 19.2 Å². The van der Waals surface area contributed by atoms with E-state index in [0.717, 1.165) is 25.7 Å². The van der Waals surface area contributed by atoms with Gasteiger partial charge in [0.25, 0.3) is 0 Å². The lowest BCUT2D eigenvalue weighted by atomic mass is 9.81. The molecular formula is C36H56N8O4. The van der Waals surface area contributed by atoms with Crippen molar-refractivity contribution in [2.24, 2.45) is 46.4 Å². The predicted molar refractivity (Wildman–Crippen MR) is 188 cm³/mol. The number of likely N-dealkylation sites (tertiary alicyclic amines) is 2. The molecular weight excluding hydrogens is 608 g/mol. The molecule has 4 rings (SSSR count). The van der Waals surface area contributed by atoms with Gasteiger partial charge in [0.05, 0.1) is 6.04 Å². The lowest BCUT2D eigenvalue weighted by Crippen LogP contribution is -2.55. The predicted octanol–water partition coefficient (Wildman–Crippen LogP) is 4.26. The molecule has 0 bridgehead atoms. The molecule has 4 aliphatic rings.